The number of aliphatic hydroxyl groups is 1. The Labute approximate surface area is 89.5 Å². The largest absolute Gasteiger partial charge is 0.387 e. The second-order valence-corrected chi connectivity index (χ2v) is 4.37. The molecule has 4 heteroatoms. The Bertz CT molecular complexity index is 262. The fraction of sp³-hybridized carbons (Fsp3) is 0.700. The quantitative estimate of drug-likeness (QED) is 0.737. The molecule has 14 heavy (non-hydrogen) atoms. The van der Waals surface area contributed by atoms with Crippen LogP contribution in [0.2, 0.25) is 0 Å². The summed E-state index contributed by atoms with van der Waals surface area (Å²) in [5.74, 6) is 1.88. The predicted octanol–water partition coefficient (Wildman–Crippen LogP) is 2.08. The molecule has 0 radical (unpaired) electrons. The Hall–Kier alpha value is -0.480. The van der Waals surface area contributed by atoms with Gasteiger partial charge in [-0.15, -0.1) is 0 Å². The Kier molecular flexibility index (Phi) is 5.04. The maximum absolute atomic E-state index is 9.78. The summed E-state index contributed by atoms with van der Waals surface area (Å²) in [5.41, 5.74) is 0.926. The highest BCUT2D eigenvalue weighted by molar-refractivity contribution is 7.99. The number of nitrogens with zero attached hydrogens (tertiary/aromatic N) is 2. The molecule has 0 bridgehead atoms. The third kappa shape index (κ3) is 3.35. The SMILES string of the molecule is CCCSCC(O)c1cnn(CC)c1. The maximum atomic E-state index is 9.78. The van der Waals surface area contributed by atoms with Crippen molar-refractivity contribution in [3.8, 4) is 0 Å². The predicted molar refractivity (Wildman–Crippen MR) is 60.5 cm³/mol. The second kappa shape index (κ2) is 6.09. The average Bonchev–Trinajstić information content (AvgIpc) is 2.66. The monoisotopic (exact) mass is 214 g/mol. The van der Waals surface area contributed by atoms with E-state index in [1.807, 2.05) is 17.8 Å². The molecule has 0 saturated heterocycles. The standard InChI is InChI=1S/C10H18N2OS/c1-3-5-14-8-10(13)9-6-11-12(4-2)7-9/h6-7,10,13H,3-5,8H2,1-2H3. The van der Waals surface area contributed by atoms with Crippen LogP contribution in [0.25, 0.3) is 0 Å². The molecule has 0 aromatic carbocycles. The molecular weight excluding hydrogens is 196 g/mol. The van der Waals surface area contributed by atoms with Crippen molar-refractivity contribution >= 4 is 11.8 Å². The molecular formula is C10H18N2OS. The summed E-state index contributed by atoms with van der Waals surface area (Å²) < 4.78 is 1.84. The van der Waals surface area contributed by atoms with Crippen LogP contribution in [0.15, 0.2) is 12.4 Å². The highest BCUT2D eigenvalue weighted by atomic mass is 32.2. The summed E-state index contributed by atoms with van der Waals surface area (Å²) in [5, 5.41) is 13.9. The average molecular weight is 214 g/mol. The summed E-state index contributed by atoms with van der Waals surface area (Å²) in [6.45, 7) is 5.04. The van der Waals surface area contributed by atoms with Gasteiger partial charge in [-0.3, -0.25) is 4.68 Å². The van der Waals surface area contributed by atoms with E-state index >= 15 is 0 Å². The molecule has 0 saturated carbocycles. The van der Waals surface area contributed by atoms with E-state index in [-0.39, 0.29) is 6.10 Å². The smallest absolute Gasteiger partial charge is 0.0910 e. The number of aromatic nitrogens is 2. The maximum Gasteiger partial charge on any atom is 0.0910 e. The van der Waals surface area contributed by atoms with Gasteiger partial charge in [0.1, 0.15) is 0 Å². The number of hydrogen-bond acceptors (Lipinski definition) is 3. The lowest BCUT2D eigenvalue weighted by atomic mass is 10.2. The van der Waals surface area contributed by atoms with E-state index in [1.54, 1.807) is 18.0 Å². The molecule has 1 aromatic heterocycles. The zero-order chi connectivity index (χ0) is 10.4. The molecule has 0 aliphatic heterocycles. The molecule has 3 nitrogen and oxygen atoms in total. The zero-order valence-corrected chi connectivity index (χ0v) is 9.63. The van der Waals surface area contributed by atoms with Gasteiger partial charge in [0.25, 0.3) is 0 Å². The van der Waals surface area contributed by atoms with E-state index in [4.69, 9.17) is 0 Å². The van der Waals surface area contributed by atoms with Crippen LogP contribution in [0, 0.1) is 0 Å². The molecule has 1 aromatic rings. The molecule has 1 N–H and O–H groups in total. The third-order valence-corrected chi connectivity index (χ3v) is 3.23. The van der Waals surface area contributed by atoms with Gasteiger partial charge in [0.2, 0.25) is 0 Å². The van der Waals surface area contributed by atoms with Crippen LogP contribution in [0.4, 0.5) is 0 Å². The number of hydrogen-bond donors (Lipinski definition) is 1. The van der Waals surface area contributed by atoms with Gasteiger partial charge in [-0.2, -0.15) is 16.9 Å². The van der Waals surface area contributed by atoms with Crippen molar-refractivity contribution in [3.05, 3.63) is 18.0 Å². The van der Waals surface area contributed by atoms with Crippen molar-refractivity contribution in [3.63, 3.8) is 0 Å². The highest BCUT2D eigenvalue weighted by Gasteiger charge is 2.09. The van der Waals surface area contributed by atoms with Crippen LogP contribution in [-0.2, 0) is 6.54 Å². The van der Waals surface area contributed by atoms with Crippen molar-refractivity contribution in [2.75, 3.05) is 11.5 Å². The molecule has 0 spiro atoms. The Morgan fingerprint density at radius 1 is 1.57 bits per heavy atom. The van der Waals surface area contributed by atoms with E-state index in [2.05, 4.69) is 12.0 Å². The topological polar surface area (TPSA) is 38.1 Å². The first-order chi connectivity index (χ1) is 6.77. The minimum absolute atomic E-state index is 0.369. The Morgan fingerprint density at radius 3 is 2.93 bits per heavy atom. The van der Waals surface area contributed by atoms with Gasteiger partial charge < -0.3 is 5.11 Å². The Morgan fingerprint density at radius 2 is 2.36 bits per heavy atom. The van der Waals surface area contributed by atoms with E-state index < -0.39 is 0 Å². The fourth-order valence-corrected chi connectivity index (χ4v) is 2.03. The lowest BCUT2D eigenvalue weighted by molar-refractivity contribution is 0.204. The van der Waals surface area contributed by atoms with Crippen molar-refractivity contribution in [1.82, 2.24) is 9.78 Å². The molecule has 1 heterocycles. The number of thioether (sulfide) groups is 1. The first-order valence-corrected chi connectivity index (χ1v) is 6.21. The van der Waals surface area contributed by atoms with E-state index in [0.717, 1.165) is 30.0 Å². The van der Waals surface area contributed by atoms with Gasteiger partial charge in [-0.05, 0) is 19.1 Å². The van der Waals surface area contributed by atoms with Gasteiger partial charge in [-0.1, -0.05) is 6.92 Å². The van der Waals surface area contributed by atoms with Crippen molar-refractivity contribution in [1.29, 1.82) is 0 Å². The molecule has 0 aliphatic carbocycles. The van der Waals surface area contributed by atoms with Crippen LogP contribution in [0.3, 0.4) is 0 Å². The van der Waals surface area contributed by atoms with E-state index in [0.29, 0.717) is 0 Å². The molecule has 0 fully saturated rings. The molecule has 80 valence electrons. The summed E-state index contributed by atoms with van der Waals surface area (Å²) >= 11 is 1.79. The normalized spacial score (nSPS) is 13.1. The van der Waals surface area contributed by atoms with Gasteiger partial charge >= 0.3 is 0 Å². The van der Waals surface area contributed by atoms with E-state index in [1.165, 1.54) is 0 Å². The Balaban J connectivity index is 2.39. The van der Waals surface area contributed by atoms with Gasteiger partial charge in [0.15, 0.2) is 0 Å². The molecule has 1 rings (SSSR count). The highest BCUT2D eigenvalue weighted by Crippen LogP contribution is 2.17. The minimum atomic E-state index is -0.369. The molecule has 0 aliphatic rings. The second-order valence-electron chi connectivity index (χ2n) is 3.22. The number of rotatable bonds is 6. The van der Waals surface area contributed by atoms with Gasteiger partial charge in [-0.25, -0.2) is 0 Å². The summed E-state index contributed by atoms with van der Waals surface area (Å²) in [4.78, 5) is 0. The zero-order valence-electron chi connectivity index (χ0n) is 8.81. The van der Waals surface area contributed by atoms with Crippen molar-refractivity contribution in [2.45, 2.75) is 32.9 Å². The first kappa shape index (κ1) is 11.6. The lowest BCUT2D eigenvalue weighted by Crippen LogP contribution is -2.00. The van der Waals surface area contributed by atoms with Crippen LogP contribution in [-0.4, -0.2) is 26.4 Å². The summed E-state index contributed by atoms with van der Waals surface area (Å²) in [6.07, 6.45) is 4.45. The first-order valence-electron chi connectivity index (χ1n) is 5.06. The van der Waals surface area contributed by atoms with Crippen LogP contribution < -0.4 is 0 Å². The molecule has 0 amide bonds. The number of aliphatic hydroxyl groups excluding tert-OH is 1. The van der Waals surface area contributed by atoms with Gasteiger partial charge in [0.05, 0.1) is 12.3 Å². The van der Waals surface area contributed by atoms with Gasteiger partial charge in [0, 0.05) is 24.1 Å². The van der Waals surface area contributed by atoms with Crippen molar-refractivity contribution in [2.24, 2.45) is 0 Å². The minimum Gasteiger partial charge on any atom is -0.387 e. The lowest BCUT2D eigenvalue weighted by Gasteiger charge is -2.06. The fourth-order valence-electron chi connectivity index (χ4n) is 1.16. The molecule has 1 unspecified atom stereocenters. The van der Waals surface area contributed by atoms with E-state index in [9.17, 15) is 5.11 Å². The molecule has 1 atom stereocenters. The van der Waals surface area contributed by atoms with Crippen LogP contribution in [0.1, 0.15) is 31.9 Å². The summed E-state index contributed by atoms with van der Waals surface area (Å²) in [7, 11) is 0. The summed E-state index contributed by atoms with van der Waals surface area (Å²) in [6, 6.07) is 0. The number of aryl methyl sites for hydroxylation is 1. The van der Waals surface area contributed by atoms with Crippen molar-refractivity contribution < 1.29 is 5.11 Å². The van der Waals surface area contributed by atoms with Crippen LogP contribution in [0.5, 0.6) is 0 Å². The van der Waals surface area contributed by atoms with Crippen LogP contribution >= 0.6 is 11.8 Å². The third-order valence-electron chi connectivity index (χ3n) is 1.99.